The number of rotatable bonds is 7. The molecule has 29 heavy (non-hydrogen) atoms. The molecule has 0 saturated carbocycles. The van der Waals surface area contributed by atoms with Crippen LogP contribution in [0.25, 0.3) is 11.3 Å². The van der Waals surface area contributed by atoms with E-state index in [0.717, 1.165) is 0 Å². The Morgan fingerprint density at radius 3 is 2.69 bits per heavy atom. The molecule has 3 rings (SSSR count). The summed E-state index contributed by atoms with van der Waals surface area (Å²) in [5.41, 5.74) is 0.880. The van der Waals surface area contributed by atoms with Crippen molar-refractivity contribution in [3.63, 3.8) is 0 Å². The van der Waals surface area contributed by atoms with E-state index >= 15 is 0 Å². The number of hydrogen-bond donors (Lipinski definition) is 2. The van der Waals surface area contributed by atoms with Gasteiger partial charge in [-0.2, -0.15) is 13.2 Å². The first-order valence-corrected chi connectivity index (χ1v) is 8.97. The number of carbonyl (C=O) groups excluding carboxylic acids is 1. The highest BCUT2D eigenvalue weighted by molar-refractivity contribution is 7.15. The van der Waals surface area contributed by atoms with E-state index in [9.17, 15) is 18.0 Å². The maximum absolute atomic E-state index is 12.6. The van der Waals surface area contributed by atoms with Gasteiger partial charge in [-0.05, 0) is 30.3 Å². The highest BCUT2D eigenvalue weighted by Crippen LogP contribution is 2.34. The van der Waals surface area contributed by atoms with Gasteiger partial charge in [0.1, 0.15) is 18.1 Å². The number of urea groups is 1. The van der Waals surface area contributed by atoms with E-state index in [4.69, 9.17) is 13.9 Å². The molecular weight excluding hydrogens is 413 g/mol. The fourth-order valence-electron chi connectivity index (χ4n) is 2.24. The lowest BCUT2D eigenvalue weighted by atomic mass is 10.1. The van der Waals surface area contributed by atoms with Gasteiger partial charge in [-0.15, -0.1) is 10.2 Å². The monoisotopic (exact) mass is 428 g/mol. The number of nitrogens with one attached hydrogen (secondary N) is 2. The van der Waals surface area contributed by atoms with Gasteiger partial charge in [0.25, 0.3) is 0 Å². The molecule has 8 nitrogen and oxygen atoms in total. The third-order valence-corrected chi connectivity index (χ3v) is 4.35. The third-order valence-electron chi connectivity index (χ3n) is 3.47. The van der Waals surface area contributed by atoms with Crippen LogP contribution in [0.5, 0.6) is 5.75 Å². The van der Waals surface area contributed by atoms with Crippen LogP contribution in [-0.4, -0.2) is 36.6 Å². The Morgan fingerprint density at radius 1 is 1.21 bits per heavy atom. The maximum atomic E-state index is 12.6. The second kappa shape index (κ2) is 8.92. The number of methoxy groups -OCH3 is 1. The molecule has 0 aliphatic rings. The minimum absolute atomic E-state index is 0.225. The Balaban J connectivity index is 1.75. The van der Waals surface area contributed by atoms with Crippen molar-refractivity contribution in [2.45, 2.75) is 6.18 Å². The minimum Gasteiger partial charge on any atom is -0.491 e. The number of benzene rings is 1. The molecule has 0 aliphatic heterocycles. The van der Waals surface area contributed by atoms with E-state index in [0.29, 0.717) is 36.0 Å². The number of ether oxygens (including phenoxy) is 2. The van der Waals surface area contributed by atoms with Crippen LogP contribution in [0.3, 0.4) is 0 Å². The van der Waals surface area contributed by atoms with E-state index in [-0.39, 0.29) is 16.5 Å². The average Bonchev–Trinajstić information content (AvgIpc) is 3.34. The molecule has 0 spiro atoms. The Hall–Kier alpha value is -3.12. The van der Waals surface area contributed by atoms with Crippen LogP contribution < -0.4 is 15.4 Å². The Labute approximate surface area is 166 Å². The molecule has 2 amide bonds. The molecule has 2 N–H and O–H groups in total. The molecule has 0 unspecified atom stereocenters. The minimum atomic E-state index is -4.63. The predicted octanol–water partition coefficient (Wildman–Crippen LogP) is 4.49. The zero-order chi connectivity index (χ0) is 20.9. The van der Waals surface area contributed by atoms with Crippen molar-refractivity contribution in [3.05, 3.63) is 41.6 Å². The zero-order valence-electron chi connectivity index (χ0n) is 14.9. The van der Waals surface area contributed by atoms with Crippen molar-refractivity contribution in [3.8, 4) is 17.1 Å². The van der Waals surface area contributed by atoms with Gasteiger partial charge >= 0.3 is 12.2 Å². The molecule has 12 heteroatoms. The van der Waals surface area contributed by atoms with Crippen molar-refractivity contribution in [2.75, 3.05) is 31.0 Å². The first-order valence-electron chi connectivity index (χ1n) is 8.15. The van der Waals surface area contributed by atoms with Crippen molar-refractivity contribution in [2.24, 2.45) is 0 Å². The summed E-state index contributed by atoms with van der Waals surface area (Å²) in [6, 6.07) is 7.47. The predicted molar refractivity (Wildman–Crippen MR) is 99.1 cm³/mol. The smallest absolute Gasteiger partial charge is 0.445 e. The van der Waals surface area contributed by atoms with Gasteiger partial charge in [0.15, 0.2) is 0 Å². The van der Waals surface area contributed by atoms with Gasteiger partial charge in [-0.3, -0.25) is 5.32 Å². The molecule has 1 aromatic carbocycles. The van der Waals surface area contributed by atoms with Crippen molar-refractivity contribution in [1.82, 2.24) is 10.2 Å². The van der Waals surface area contributed by atoms with Crippen LogP contribution in [0.2, 0.25) is 0 Å². The lowest BCUT2D eigenvalue weighted by Crippen LogP contribution is -2.19. The topological polar surface area (TPSA) is 98.5 Å². The lowest BCUT2D eigenvalue weighted by molar-refractivity contribution is -0.138. The number of nitrogens with zero attached hydrogens (tertiary/aromatic N) is 2. The summed E-state index contributed by atoms with van der Waals surface area (Å²) in [5, 5.41) is 9.68. The summed E-state index contributed by atoms with van der Waals surface area (Å²) < 4.78 is 53.7. The molecule has 0 atom stereocenters. The van der Waals surface area contributed by atoms with Gasteiger partial charge in [0.05, 0.1) is 18.6 Å². The van der Waals surface area contributed by atoms with Crippen LogP contribution in [0, 0.1) is 0 Å². The molecule has 0 bridgehead atoms. The first kappa shape index (κ1) is 20.6. The highest BCUT2D eigenvalue weighted by Gasteiger charge is 2.35. The largest absolute Gasteiger partial charge is 0.491 e. The number of aromatic nitrogens is 2. The number of furan rings is 1. The molecule has 0 aliphatic carbocycles. The fraction of sp³-hybridized carbons (Fsp3) is 0.235. The maximum Gasteiger partial charge on any atom is 0.445 e. The number of hydrogen-bond acceptors (Lipinski definition) is 7. The molecular formula is C17H15F3N4O4S. The van der Waals surface area contributed by atoms with Crippen molar-refractivity contribution in [1.29, 1.82) is 0 Å². The molecule has 0 radical (unpaired) electrons. The van der Waals surface area contributed by atoms with E-state index < -0.39 is 17.2 Å². The van der Waals surface area contributed by atoms with Crippen LogP contribution in [0.15, 0.2) is 41.0 Å². The summed E-state index contributed by atoms with van der Waals surface area (Å²) >= 11 is 0.225. The normalized spacial score (nSPS) is 11.3. The molecule has 0 saturated heterocycles. The van der Waals surface area contributed by atoms with Gasteiger partial charge in [-0.1, -0.05) is 11.3 Å². The Morgan fingerprint density at radius 2 is 2.03 bits per heavy atom. The zero-order valence-corrected chi connectivity index (χ0v) is 15.8. The second-order valence-corrected chi connectivity index (χ2v) is 6.49. The lowest BCUT2D eigenvalue weighted by Gasteiger charge is -2.12. The summed E-state index contributed by atoms with van der Waals surface area (Å²) in [7, 11) is 1.55. The molecule has 3 aromatic rings. The SMILES string of the molecule is COCCOc1ccc(NC(=O)Nc2nnc(C(F)(F)F)s2)c(-c2ccco2)c1. The standard InChI is InChI=1S/C17H15F3N4O4S/c1-26-7-8-27-10-4-5-12(11(9-10)13-3-2-6-28-13)21-15(25)22-16-24-23-14(29-16)17(18,19)20/h2-6,9H,7-8H2,1H3,(H2,21,22,24,25). The summed E-state index contributed by atoms with van der Waals surface area (Å²) in [6.07, 6.45) is -3.16. The van der Waals surface area contributed by atoms with E-state index in [2.05, 4.69) is 20.8 Å². The molecule has 0 fully saturated rings. The summed E-state index contributed by atoms with van der Waals surface area (Å²) in [4.78, 5) is 12.2. The van der Waals surface area contributed by atoms with Gasteiger partial charge in [-0.25, -0.2) is 4.79 Å². The fourth-order valence-corrected chi connectivity index (χ4v) is 2.85. The Bertz CT molecular complexity index is 960. The number of amides is 2. The van der Waals surface area contributed by atoms with Crippen LogP contribution >= 0.6 is 11.3 Å². The second-order valence-electron chi connectivity index (χ2n) is 5.52. The van der Waals surface area contributed by atoms with Gasteiger partial charge < -0.3 is 19.2 Å². The van der Waals surface area contributed by atoms with Gasteiger partial charge in [0.2, 0.25) is 10.1 Å². The van der Waals surface area contributed by atoms with E-state index in [1.165, 1.54) is 6.26 Å². The first-order chi connectivity index (χ1) is 13.9. The molecule has 2 aromatic heterocycles. The quantitative estimate of drug-likeness (QED) is 0.538. The number of carbonyl (C=O) groups is 1. The van der Waals surface area contributed by atoms with Gasteiger partial charge in [0, 0.05) is 12.7 Å². The van der Waals surface area contributed by atoms with Crippen molar-refractivity contribution >= 4 is 28.2 Å². The van der Waals surface area contributed by atoms with Crippen LogP contribution in [0.4, 0.5) is 28.8 Å². The van der Waals surface area contributed by atoms with E-state index in [1.807, 2.05) is 0 Å². The summed E-state index contributed by atoms with van der Waals surface area (Å²) in [5.74, 6) is 0.992. The van der Waals surface area contributed by atoms with Crippen LogP contribution in [-0.2, 0) is 10.9 Å². The van der Waals surface area contributed by atoms with E-state index in [1.54, 1.807) is 37.4 Å². The summed E-state index contributed by atoms with van der Waals surface area (Å²) in [6.45, 7) is 0.736. The average molecular weight is 428 g/mol. The number of anilines is 2. The Kier molecular flexibility index (Phi) is 6.34. The third kappa shape index (κ3) is 5.45. The number of alkyl halides is 3. The molecule has 2 heterocycles. The van der Waals surface area contributed by atoms with Crippen molar-refractivity contribution < 1.29 is 31.9 Å². The van der Waals surface area contributed by atoms with Crippen LogP contribution in [0.1, 0.15) is 5.01 Å². The number of halogens is 3. The highest BCUT2D eigenvalue weighted by atomic mass is 32.1. The molecule has 154 valence electrons.